The summed E-state index contributed by atoms with van der Waals surface area (Å²) >= 11 is 0. The molecule has 0 aromatic carbocycles. The van der Waals surface area contributed by atoms with Crippen LogP contribution in [0, 0.1) is 0 Å². The van der Waals surface area contributed by atoms with Crippen LogP contribution in [0.1, 0.15) is 12.6 Å². The maximum absolute atomic E-state index is 9.77. The molecule has 9 nitrogen and oxygen atoms in total. The van der Waals surface area contributed by atoms with Gasteiger partial charge in [0.15, 0.2) is 6.29 Å². The molecule has 0 saturated carbocycles. The molecule has 9 heteroatoms. The number of nitrogens with zero attached hydrogens (tertiary/aromatic N) is 3. The van der Waals surface area contributed by atoms with E-state index < -0.39 is 30.7 Å². The summed E-state index contributed by atoms with van der Waals surface area (Å²) < 4.78 is 17.6. The van der Waals surface area contributed by atoms with E-state index in [1.54, 1.807) is 37.0 Å². The first-order valence-corrected chi connectivity index (χ1v) is 7.38. The van der Waals surface area contributed by atoms with Crippen molar-refractivity contribution in [3.63, 3.8) is 0 Å². The van der Waals surface area contributed by atoms with Crippen molar-refractivity contribution < 1.29 is 29.5 Å². The van der Waals surface area contributed by atoms with Gasteiger partial charge >= 0.3 is 0 Å². The first kappa shape index (κ1) is 18.0. The van der Waals surface area contributed by atoms with Gasteiger partial charge in [-0.2, -0.15) is 0 Å². The topological polar surface area (TPSA) is 119 Å². The molecule has 1 aliphatic rings. The summed E-state index contributed by atoms with van der Waals surface area (Å²) in [5, 5.41) is 36.7. The van der Waals surface area contributed by atoms with Crippen molar-refractivity contribution in [2.45, 2.75) is 44.2 Å². The van der Waals surface area contributed by atoms with E-state index in [4.69, 9.17) is 14.2 Å². The fourth-order valence-electron chi connectivity index (χ4n) is 2.13. The van der Waals surface area contributed by atoms with Crippen LogP contribution in [-0.2, 0) is 27.9 Å². The van der Waals surface area contributed by atoms with E-state index in [1.807, 2.05) is 0 Å². The van der Waals surface area contributed by atoms with Gasteiger partial charge in [0, 0.05) is 7.05 Å². The number of aliphatic hydroxyl groups excluding tert-OH is 3. The minimum absolute atomic E-state index is 0.186. The Balaban J connectivity index is 1.62. The van der Waals surface area contributed by atoms with Crippen LogP contribution >= 0.6 is 0 Å². The minimum Gasteiger partial charge on any atom is -0.388 e. The fraction of sp³-hybridized carbons (Fsp3) is 0.714. The Morgan fingerprint density at radius 2 is 1.96 bits per heavy atom. The smallest absolute Gasteiger partial charge is 0.186 e. The number of hydrogen-bond acceptors (Lipinski definition) is 8. The van der Waals surface area contributed by atoms with E-state index >= 15 is 0 Å². The highest BCUT2D eigenvalue weighted by atomic mass is 16.7. The van der Waals surface area contributed by atoms with Crippen molar-refractivity contribution in [3.05, 3.63) is 24.0 Å². The van der Waals surface area contributed by atoms with Crippen molar-refractivity contribution in [3.8, 4) is 0 Å². The number of aryl methyl sites for hydroxylation is 1. The molecule has 1 aromatic heterocycles. The van der Waals surface area contributed by atoms with Crippen LogP contribution in [0.3, 0.4) is 0 Å². The van der Waals surface area contributed by atoms with Crippen LogP contribution in [0.2, 0.25) is 0 Å². The summed E-state index contributed by atoms with van der Waals surface area (Å²) in [4.78, 5) is 0. The molecule has 2 rings (SSSR count). The largest absolute Gasteiger partial charge is 0.388 e. The van der Waals surface area contributed by atoms with Gasteiger partial charge in [-0.1, -0.05) is 17.4 Å². The summed E-state index contributed by atoms with van der Waals surface area (Å²) in [5.74, 6) is 0. The zero-order valence-electron chi connectivity index (χ0n) is 13.1. The molecule has 0 spiro atoms. The molecule has 0 aliphatic carbocycles. The van der Waals surface area contributed by atoms with Gasteiger partial charge in [0.25, 0.3) is 0 Å². The molecule has 5 atom stereocenters. The van der Waals surface area contributed by atoms with Crippen molar-refractivity contribution >= 4 is 0 Å². The molecule has 0 radical (unpaired) electrons. The molecule has 1 aliphatic heterocycles. The minimum atomic E-state index is -1.29. The normalized spacial score (nSPS) is 31.8. The van der Waals surface area contributed by atoms with Gasteiger partial charge < -0.3 is 29.5 Å². The molecule has 1 fully saturated rings. The van der Waals surface area contributed by atoms with E-state index in [9.17, 15) is 15.3 Å². The van der Waals surface area contributed by atoms with E-state index in [0.29, 0.717) is 13.2 Å². The number of rotatable bonds is 7. The van der Waals surface area contributed by atoms with Crippen molar-refractivity contribution in [2.24, 2.45) is 7.05 Å². The molecule has 3 unspecified atom stereocenters. The van der Waals surface area contributed by atoms with Crippen molar-refractivity contribution in [2.75, 3.05) is 13.2 Å². The Hall–Kier alpha value is -1.36. The summed E-state index contributed by atoms with van der Waals surface area (Å²) in [7, 11) is 1.78. The second-order valence-corrected chi connectivity index (χ2v) is 5.38. The predicted octanol–water partition coefficient (Wildman–Crippen LogP) is -1.27. The third-order valence-electron chi connectivity index (χ3n) is 3.45. The Kier molecular flexibility index (Phi) is 6.63. The van der Waals surface area contributed by atoms with Crippen LogP contribution in [0.5, 0.6) is 0 Å². The molecule has 0 bridgehead atoms. The van der Waals surface area contributed by atoms with Crippen LogP contribution in [0.15, 0.2) is 18.3 Å². The maximum Gasteiger partial charge on any atom is 0.186 e. The zero-order valence-corrected chi connectivity index (χ0v) is 13.1. The predicted molar refractivity (Wildman–Crippen MR) is 78.1 cm³/mol. The van der Waals surface area contributed by atoms with Gasteiger partial charge in [0.05, 0.1) is 32.1 Å². The summed E-state index contributed by atoms with van der Waals surface area (Å²) in [6.07, 6.45) is -0.0448. The van der Waals surface area contributed by atoms with E-state index in [-0.39, 0.29) is 6.61 Å². The standard InChI is InChI=1S/C14H23N3O6/c1-9-11(18)12(19)13(20)14(23-9)22-6-4-3-5-21-8-10-7-17(2)16-15-10/h3-4,7,9,11-14,18-20H,5-6,8H2,1-2H3/b4-3-/t9?,11-,12?,13?,14-/m1/s1. The quantitative estimate of drug-likeness (QED) is 0.419. The van der Waals surface area contributed by atoms with Crippen LogP contribution in [0.25, 0.3) is 0 Å². The second kappa shape index (κ2) is 8.48. The molecule has 130 valence electrons. The zero-order chi connectivity index (χ0) is 16.8. The van der Waals surface area contributed by atoms with Gasteiger partial charge in [0.1, 0.15) is 24.0 Å². The van der Waals surface area contributed by atoms with Crippen LogP contribution in [0.4, 0.5) is 0 Å². The van der Waals surface area contributed by atoms with Gasteiger partial charge in [-0.3, -0.25) is 4.68 Å². The Bertz CT molecular complexity index is 508. The highest BCUT2D eigenvalue weighted by Crippen LogP contribution is 2.21. The van der Waals surface area contributed by atoms with Gasteiger partial charge in [-0.25, -0.2) is 0 Å². The number of hydrogen-bond donors (Lipinski definition) is 3. The lowest BCUT2D eigenvalue weighted by atomic mass is 10.0. The lowest BCUT2D eigenvalue weighted by molar-refractivity contribution is -0.290. The number of aliphatic hydroxyl groups is 3. The molecule has 2 heterocycles. The molecular weight excluding hydrogens is 306 g/mol. The number of aromatic nitrogens is 3. The Morgan fingerprint density at radius 1 is 1.22 bits per heavy atom. The molecule has 1 aromatic rings. The average Bonchev–Trinajstić information content (AvgIpc) is 2.94. The molecule has 0 amide bonds. The van der Waals surface area contributed by atoms with E-state index in [0.717, 1.165) is 5.69 Å². The van der Waals surface area contributed by atoms with Crippen LogP contribution in [-0.4, -0.2) is 74.2 Å². The second-order valence-electron chi connectivity index (χ2n) is 5.38. The third kappa shape index (κ3) is 5.06. The molecule has 3 N–H and O–H groups in total. The van der Waals surface area contributed by atoms with Crippen molar-refractivity contribution in [1.29, 1.82) is 0 Å². The number of ether oxygens (including phenoxy) is 3. The van der Waals surface area contributed by atoms with E-state index in [2.05, 4.69) is 10.3 Å². The molecule has 23 heavy (non-hydrogen) atoms. The molecule has 1 saturated heterocycles. The Labute approximate surface area is 134 Å². The van der Waals surface area contributed by atoms with Gasteiger partial charge in [-0.15, -0.1) is 5.10 Å². The lowest BCUT2D eigenvalue weighted by Crippen LogP contribution is -2.57. The first-order valence-electron chi connectivity index (χ1n) is 7.38. The molecular formula is C14H23N3O6. The highest BCUT2D eigenvalue weighted by molar-refractivity contribution is 4.90. The summed E-state index contributed by atoms with van der Waals surface area (Å²) in [5.41, 5.74) is 0.748. The van der Waals surface area contributed by atoms with E-state index in [1.165, 1.54) is 0 Å². The van der Waals surface area contributed by atoms with Gasteiger partial charge in [-0.05, 0) is 6.92 Å². The van der Waals surface area contributed by atoms with Gasteiger partial charge in [0.2, 0.25) is 0 Å². The van der Waals surface area contributed by atoms with Crippen molar-refractivity contribution in [1.82, 2.24) is 15.0 Å². The average molecular weight is 329 g/mol. The third-order valence-corrected chi connectivity index (χ3v) is 3.45. The maximum atomic E-state index is 9.77. The summed E-state index contributed by atoms with van der Waals surface area (Å²) in [6.45, 7) is 2.54. The Morgan fingerprint density at radius 3 is 2.65 bits per heavy atom. The first-order chi connectivity index (χ1) is 11.0. The lowest BCUT2D eigenvalue weighted by Gasteiger charge is -2.38. The van der Waals surface area contributed by atoms with Crippen LogP contribution < -0.4 is 0 Å². The monoisotopic (exact) mass is 329 g/mol. The fourth-order valence-corrected chi connectivity index (χ4v) is 2.13. The summed E-state index contributed by atoms with van der Waals surface area (Å²) in [6, 6.07) is 0. The SMILES string of the molecule is CC1O[C@@H](OC/C=C\COCc2cn(C)nn2)C(O)C(O)[C@@H]1O. The highest BCUT2D eigenvalue weighted by Gasteiger charge is 2.42.